The summed E-state index contributed by atoms with van der Waals surface area (Å²) in [6, 6.07) is 10.4. The van der Waals surface area contributed by atoms with Crippen molar-refractivity contribution in [3.8, 4) is 0 Å². The van der Waals surface area contributed by atoms with Crippen molar-refractivity contribution in [2.75, 3.05) is 0 Å². The van der Waals surface area contributed by atoms with Gasteiger partial charge in [-0.1, -0.05) is 23.8 Å². The topological polar surface area (TPSA) is 147 Å². The number of aryl methyl sites for hydroxylation is 1. The average molecular weight is 416 g/mol. The summed E-state index contributed by atoms with van der Waals surface area (Å²) in [5, 5.41) is 9.23. The number of nitrogens with one attached hydrogen (secondary N) is 2. The summed E-state index contributed by atoms with van der Waals surface area (Å²) in [5.74, 6) is -2.24. The zero-order valence-corrected chi connectivity index (χ0v) is 15.9. The van der Waals surface area contributed by atoms with Crippen LogP contribution in [0, 0.1) is 6.92 Å². The first-order chi connectivity index (χ1) is 13.7. The maximum absolute atomic E-state index is 12.4. The first-order valence-electron chi connectivity index (χ1n) is 8.28. The molecule has 0 saturated carbocycles. The lowest BCUT2D eigenvalue weighted by Crippen LogP contribution is -2.44. The second-order valence-electron chi connectivity index (χ2n) is 6.13. The number of carboxylic acids is 1. The van der Waals surface area contributed by atoms with Crippen molar-refractivity contribution < 1.29 is 23.1 Å². The minimum absolute atomic E-state index is 0.407. The molecule has 0 aliphatic rings. The summed E-state index contributed by atoms with van der Waals surface area (Å²) < 4.78 is 26.0. The first kappa shape index (κ1) is 20.2. The van der Waals surface area contributed by atoms with Crippen LogP contribution in [0.25, 0.3) is 11.0 Å². The predicted molar refractivity (Wildman–Crippen MR) is 103 cm³/mol. The van der Waals surface area contributed by atoms with Gasteiger partial charge in [0.15, 0.2) is 0 Å². The molecule has 1 aromatic heterocycles. The van der Waals surface area contributed by atoms with Gasteiger partial charge in [0.05, 0.1) is 27.7 Å². The number of para-hydroxylation sites is 2. The Bertz CT molecular complexity index is 1280. The standard InChI is InChI=1S/C18H16N4O6S/c1-11-6-7-15(12(8-11)18(25)26)29(27,28)21-20-16(23)10-22-14-5-3-2-4-13(14)19-9-17(22)24/h2-9,21H,10H2,1H3,(H,20,23)(H,25,26). The molecule has 10 nitrogen and oxygen atoms in total. The van der Waals surface area contributed by atoms with Gasteiger partial charge in [-0.3, -0.25) is 19.6 Å². The number of carbonyl (C=O) groups excluding carboxylic acids is 1. The molecule has 1 heterocycles. The zero-order chi connectivity index (χ0) is 21.2. The molecule has 3 rings (SSSR count). The number of aromatic nitrogens is 2. The van der Waals surface area contributed by atoms with Gasteiger partial charge >= 0.3 is 5.97 Å². The van der Waals surface area contributed by atoms with Crippen molar-refractivity contribution in [2.45, 2.75) is 18.4 Å². The molecular formula is C18H16N4O6S. The van der Waals surface area contributed by atoms with E-state index in [4.69, 9.17) is 0 Å². The predicted octanol–water partition coefficient (Wildman–Crippen LogP) is 0.413. The van der Waals surface area contributed by atoms with Gasteiger partial charge in [-0.25, -0.2) is 18.2 Å². The average Bonchev–Trinajstić information content (AvgIpc) is 2.68. The van der Waals surface area contributed by atoms with Gasteiger partial charge in [0.25, 0.3) is 21.5 Å². The number of carboxylic acid groups (broad SMARTS) is 1. The molecule has 2 aromatic carbocycles. The number of fused-ring (bicyclic) bond motifs is 1. The first-order valence-corrected chi connectivity index (χ1v) is 9.76. The molecule has 0 saturated heterocycles. The smallest absolute Gasteiger partial charge is 0.337 e. The number of sulfonamides is 1. The lowest BCUT2D eigenvalue weighted by atomic mass is 10.1. The van der Waals surface area contributed by atoms with Crippen LogP contribution in [0.5, 0.6) is 0 Å². The van der Waals surface area contributed by atoms with Crippen LogP contribution >= 0.6 is 0 Å². The molecule has 1 amide bonds. The van der Waals surface area contributed by atoms with Gasteiger partial charge in [-0.15, -0.1) is 4.83 Å². The Labute approximate surface area is 164 Å². The van der Waals surface area contributed by atoms with Crippen molar-refractivity contribution in [1.82, 2.24) is 19.8 Å². The van der Waals surface area contributed by atoms with Crippen LogP contribution in [0.2, 0.25) is 0 Å². The van der Waals surface area contributed by atoms with Gasteiger partial charge < -0.3 is 5.11 Å². The van der Waals surface area contributed by atoms with Gasteiger partial charge in [0.2, 0.25) is 0 Å². The van der Waals surface area contributed by atoms with Gasteiger partial charge in [0.1, 0.15) is 6.54 Å². The summed E-state index contributed by atoms with van der Waals surface area (Å²) in [7, 11) is -4.36. The van der Waals surface area contributed by atoms with Crippen LogP contribution in [-0.4, -0.2) is 35.0 Å². The van der Waals surface area contributed by atoms with E-state index in [-0.39, 0.29) is 0 Å². The third-order valence-electron chi connectivity index (χ3n) is 4.03. The summed E-state index contributed by atoms with van der Waals surface area (Å²) in [5.41, 5.74) is 2.49. The molecule has 0 aliphatic carbocycles. The maximum atomic E-state index is 12.4. The number of nitrogens with zero attached hydrogens (tertiary/aromatic N) is 2. The number of hydrogen-bond donors (Lipinski definition) is 3. The second kappa shape index (κ2) is 7.81. The Morgan fingerprint density at radius 3 is 2.62 bits per heavy atom. The molecule has 0 unspecified atom stereocenters. The number of amides is 1. The highest BCUT2D eigenvalue weighted by Crippen LogP contribution is 2.17. The van der Waals surface area contributed by atoms with Gasteiger partial charge in [0, 0.05) is 0 Å². The van der Waals surface area contributed by atoms with Gasteiger partial charge in [-0.2, -0.15) is 0 Å². The molecule has 3 N–H and O–H groups in total. The van der Waals surface area contributed by atoms with E-state index in [2.05, 4.69) is 4.98 Å². The Hall–Kier alpha value is -3.57. The van der Waals surface area contributed by atoms with E-state index in [0.29, 0.717) is 16.6 Å². The molecular weight excluding hydrogens is 400 g/mol. The fourth-order valence-corrected chi connectivity index (χ4v) is 3.73. The lowest BCUT2D eigenvalue weighted by molar-refractivity contribution is -0.122. The van der Waals surface area contributed by atoms with E-state index in [1.165, 1.54) is 12.1 Å². The second-order valence-corrected chi connectivity index (χ2v) is 7.78. The summed E-state index contributed by atoms with van der Waals surface area (Å²) in [6.07, 6.45) is 1.06. The van der Waals surface area contributed by atoms with Crippen LogP contribution in [0.3, 0.4) is 0 Å². The molecule has 150 valence electrons. The van der Waals surface area contributed by atoms with Crippen molar-refractivity contribution in [3.63, 3.8) is 0 Å². The highest BCUT2D eigenvalue weighted by atomic mass is 32.2. The van der Waals surface area contributed by atoms with Crippen LogP contribution in [0.15, 0.2) is 58.4 Å². The molecule has 0 atom stereocenters. The number of rotatable bonds is 6. The molecule has 0 spiro atoms. The fourth-order valence-electron chi connectivity index (χ4n) is 2.69. The highest BCUT2D eigenvalue weighted by molar-refractivity contribution is 7.89. The van der Waals surface area contributed by atoms with Crippen molar-refractivity contribution >= 4 is 32.9 Å². The monoisotopic (exact) mass is 416 g/mol. The number of benzene rings is 2. The minimum Gasteiger partial charge on any atom is -0.478 e. The lowest BCUT2D eigenvalue weighted by Gasteiger charge is -2.12. The van der Waals surface area contributed by atoms with Crippen molar-refractivity contribution in [2.24, 2.45) is 0 Å². The van der Waals surface area contributed by atoms with Crippen LogP contribution in [0.4, 0.5) is 0 Å². The molecule has 11 heteroatoms. The molecule has 29 heavy (non-hydrogen) atoms. The van der Waals surface area contributed by atoms with Gasteiger partial charge in [-0.05, 0) is 31.2 Å². The summed E-state index contributed by atoms with van der Waals surface area (Å²) in [4.78, 5) is 41.0. The Balaban J connectivity index is 1.81. The molecule has 0 fully saturated rings. The molecule has 3 aromatic rings. The van der Waals surface area contributed by atoms with E-state index in [1.807, 2.05) is 10.3 Å². The van der Waals surface area contributed by atoms with Crippen LogP contribution in [-0.2, 0) is 21.4 Å². The zero-order valence-electron chi connectivity index (χ0n) is 15.1. The quantitative estimate of drug-likeness (QED) is 0.493. The number of aromatic carboxylic acids is 1. The number of carbonyl (C=O) groups is 2. The van der Waals surface area contributed by atoms with Crippen LogP contribution < -0.4 is 15.8 Å². The molecule has 0 radical (unpaired) electrons. The summed E-state index contributed by atoms with van der Waals surface area (Å²) in [6.45, 7) is 1.15. The maximum Gasteiger partial charge on any atom is 0.337 e. The van der Waals surface area contributed by atoms with Crippen LogP contribution in [0.1, 0.15) is 15.9 Å². The summed E-state index contributed by atoms with van der Waals surface area (Å²) >= 11 is 0. The fraction of sp³-hybridized carbons (Fsp3) is 0.111. The normalized spacial score (nSPS) is 11.3. The Morgan fingerprint density at radius 2 is 1.90 bits per heavy atom. The Kier molecular flexibility index (Phi) is 5.43. The molecule has 0 bridgehead atoms. The highest BCUT2D eigenvalue weighted by Gasteiger charge is 2.23. The van der Waals surface area contributed by atoms with Crippen molar-refractivity contribution in [1.29, 1.82) is 0 Å². The van der Waals surface area contributed by atoms with E-state index < -0.39 is 44.5 Å². The SMILES string of the molecule is Cc1ccc(S(=O)(=O)NNC(=O)Cn2c(=O)cnc3ccccc32)c(C(=O)O)c1. The largest absolute Gasteiger partial charge is 0.478 e. The van der Waals surface area contributed by atoms with E-state index in [0.717, 1.165) is 16.8 Å². The third-order valence-corrected chi connectivity index (χ3v) is 5.34. The van der Waals surface area contributed by atoms with E-state index in [1.54, 1.807) is 31.2 Å². The van der Waals surface area contributed by atoms with E-state index >= 15 is 0 Å². The number of hydrogen-bond acceptors (Lipinski definition) is 6. The Morgan fingerprint density at radius 1 is 1.17 bits per heavy atom. The van der Waals surface area contributed by atoms with Crippen molar-refractivity contribution in [3.05, 3.63) is 70.1 Å². The number of hydrazine groups is 1. The minimum atomic E-state index is -4.36. The third kappa shape index (κ3) is 4.31. The van der Waals surface area contributed by atoms with E-state index in [9.17, 15) is 27.9 Å². The molecule has 0 aliphatic heterocycles.